The number of allylic oxidation sites excluding steroid dienone is 1. The molecule has 1 heterocycles. The van der Waals surface area contributed by atoms with Crippen LogP contribution in [0.1, 0.15) is 19.8 Å². The molecular formula is C16H26O9. The zero-order chi connectivity index (χ0) is 18.7. The number of carboxylic acid groups (broad SMARTS) is 1. The van der Waals surface area contributed by atoms with Gasteiger partial charge in [0.25, 0.3) is 0 Å². The van der Waals surface area contributed by atoms with Crippen LogP contribution < -0.4 is 0 Å². The second kappa shape index (κ2) is 8.54. The van der Waals surface area contributed by atoms with Crippen molar-refractivity contribution in [1.82, 2.24) is 0 Å². The van der Waals surface area contributed by atoms with Crippen LogP contribution >= 0.6 is 0 Å². The number of carboxylic acids is 1. The number of rotatable bonds is 7. The van der Waals surface area contributed by atoms with Crippen LogP contribution in [-0.2, 0) is 14.3 Å². The summed E-state index contributed by atoms with van der Waals surface area (Å²) >= 11 is 0. The molecule has 144 valence electrons. The first-order valence-corrected chi connectivity index (χ1v) is 8.26. The molecule has 0 amide bonds. The lowest BCUT2D eigenvalue weighted by molar-refractivity contribution is -0.299. The normalized spacial score (nSPS) is 37.4. The minimum atomic E-state index is -1.53. The van der Waals surface area contributed by atoms with Crippen molar-refractivity contribution in [2.45, 2.75) is 50.5 Å². The van der Waals surface area contributed by atoms with E-state index in [4.69, 9.17) is 9.47 Å². The van der Waals surface area contributed by atoms with Crippen LogP contribution in [0.15, 0.2) is 11.1 Å². The molecule has 1 aliphatic heterocycles. The summed E-state index contributed by atoms with van der Waals surface area (Å²) in [7, 11) is 0. The molecule has 6 N–H and O–H groups in total. The van der Waals surface area contributed by atoms with E-state index in [9.17, 15) is 35.4 Å². The second-order valence-electron chi connectivity index (χ2n) is 6.59. The van der Waals surface area contributed by atoms with E-state index < -0.39 is 55.8 Å². The van der Waals surface area contributed by atoms with Gasteiger partial charge in [-0.25, -0.2) is 0 Å². The Morgan fingerprint density at radius 1 is 1.24 bits per heavy atom. The Hall–Kier alpha value is -1.07. The van der Waals surface area contributed by atoms with Crippen molar-refractivity contribution in [2.75, 3.05) is 19.8 Å². The van der Waals surface area contributed by atoms with E-state index in [0.717, 1.165) is 11.1 Å². The third-order valence-electron chi connectivity index (χ3n) is 5.08. The van der Waals surface area contributed by atoms with Gasteiger partial charge in [0.1, 0.15) is 24.4 Å². The molecule has 9 nitrogen and oxygen atoms in total. The van der Waals surface area contributed by atoms with Crippen molar-refractivity contribution in [1.29, 1.82) is 0 Å². The maximum absolute atomic E-state index is 11.3. The minimum Gasteiger partial charge on any atom is -0.481 e. The van der Waals surface area contributed by atoms with Gasteiger partial charge < -0.3 is 40.1 Å². The Morgan fingerprint density at radius 3 is 2.48 bits per heavy atom. The Bertz CT molecular complexity index is 504. The highest BCUT2D eigenvalue weighted by molar-refractivity contribution is 5.71. The third-order valence-corrected chi connectivity index (χ3v) is 5.08. The molecule has 1 fully saturated rings. The zero-order valence-electron chi connectivity index (χ0n) is 14.0. The molecule has 0 radical (unpaired) electrons. The average Bonchev–Trinajstić information content (AvgIpc) is 2.93. The molecule has 0 spiro atoms. The third kappa shape index (κ3) is 4.20. The van der Waals surface area contributed by atoms with Crippen LogP contribution in [0.25, 0.3) is 0 Å². The summed E-state index contributed by atoms with van der Waals surface area (Å²) in [6, 6.07) is 0. The molecule has 7 atom stereocenters. The lowest BCUT2D eigenvalue weighted by atomic mass is 9.87. The van der Waals surface area contributed by atoms with Gasteiger partial charge in [0, 0.05) is 0 Å². The van der Waals surface area contributed by atoms with Gasteiger partial charge in [-0.05, 0) is 31.3 Å². The van der Waals surface area contributed by atoms with Gasteiger partial charge >= 0.3 is 5.97 Å². The summed E-state index contributed by atoms with van der Waals surface area (Å²) in [6.07, 6.45) is -5.58. The molecule has 1 aliphatic carbocycles. The lowest BCUT2D eigenvalue weighted by Crippen LogP contribution is -2.59. The Kier molecular flexibility index (Phi) is 6.92. The van der Waals surface area contributed by atoms with Gasteiger partial charge in [-0.2, -0.15) is 0 Å². The molecule has 0 bridgehead atoms. The van der Waals surface area contributed by atoms with Crippen molar-refractivity contribution in [3.05, 3.63) is 11.1 Å². The second-order valence-corrected chi connectivity index (χ2v) is 6.59. The highest BCUT2D eigenvalue weighted by Crippen LogP contribution is 2.37. The van der Waals surface area contributed by atoms with Gasteiger partial charge in [-0.15, -0.1) is 0 Å². The van der Waals surface area contributed by atoms with E-state index in [1.54, 1.807) is 0 Å². The Morgan fingerprint density at radius 2 is 1.92 bits per heavy atom. The van der Waals surface area contributed by atoms with Gasteiger partial charge in [0.15, 0.2) is 6.29 Å². The predicted molar refractivity (Wildman–Crippen MR) is 83.4 cm³/mol. The van der Waals surface area contributed by atoms with Crippen LogP contribution in [0, 0.1) is 11.8 Å². The lowest BCUT2D eigenvalue weighted by Gasteiger charge is -2.39. The maximum atomic E-state index is 11.3. The van der Waals surface area contributed by atoms with E-state index in [-0.39, 0.29) is 12.5 Å². The fourth-order valence-corrected chi connectivity index (χ4v) is 3.45. The highest BCUT2D eigenvalue weighted by Gasteiger charge is 2.44. The average molecular weight is 362 g/mol. The van der Waals surface area contributed by atoms with Gasteiger partial charge in [-0.1, -0.05) is 5.57 Å². The molecule has 0 saturated carbocycles. The number of aliphatic hydroxyl groups excluding tert-OH is 5. The van der Waals surface area contributed by atoms with Crippen molar-refractivity contribution in [3.8, 4) is 0 Å². The SMILES string of the molecule is CC1=C(CO[C@H]2O[C@@H](CO)[C@H](O)[C@@H](O)[C@@H]2O)[C@H]([C@H](CO)C(=O)O)CC1. The first-order valence-electron chi connectivity index (χ1n) is 8.26. The highest BCUT2D eigenvalue weighted by atomic mass is 16.7. The molecule has 1 saturated heterocycles. The number of hydrogen-bond acceptors (Lipinski definition) is 8. The first kappa shape index (κ1) is 20.2. The van der Waals surface area contributed by atoms with Crippen LogP contribution in [0.3, 0.4) is 0 Å². The van der Waals surface area contributed by atoms with E-state index in [0.29, 0.717) is 12.8 Å². The van der Waals surface area contributed by atoms with E-state index in [1.807, 2.05) is 6.92 Å². The summed E-state index contributed by atoms with van der Waals surface area (Å²) in [5.74, 6) is -2.41. The van der Waals surface area contributed by atoms with Crippen LogP contribution in [0.4, 0.5) is 0 Å². The Balaban J connectivity index is 2.05. The molecule has 0 unspecified atom stereocenters. The summed E-state index contributed by atoms with van der Waals surface area (Å²) in [5.41, 5.74) is 1.67. The summed E-state index contributed by atoms with van der Waals surface area (Å²) in [5, 5.41) is 57.3. The summed E-state index contributed by atoms with van der Waals surface area (Å²) in [4.78, 5) is 11.3. The van der Waals surface area contributed by atoms with E-state index in [1.165, 1.54) is 0 Å². The molecule has 2 rings (SSSR count). The van der Waals surface area contributed by atoms with Gasteiger partial charge in [-0.3, -0.25) is 4.79 Å². The molecule has 25 heavy (non-hydrogen) atoms. The van der Waals surface area contributed by atoms with Crippen molar-refractivity contribution < 1.29 is 44.9 Å². The zero-order valence-corrected chi connectivity index (χ0v) is 14.0. The number of hydrogen-bond donors (Lipinski definition) is 6. The number of ether oxygens (including phenoxy) is 2. The predicted octanol–water partition coefficient (Wildman–Crippen LogP) is -1.78. The topological polar surface area (TPSA) is 157 Å². The fraction of sp³-hybridized carbons (Fsp3) is 0.812. The van der Waals surface area contributed by atoms with Crippen LogP contribution in [0.2, 0.25) is 0 Å². The molecule has 2 aliphatic rings. The fourth-order valence-electron chi connectivity index (χ4n) is 3.45. The molecular weight excluding hydrogens is 336 g/mol. The summed E-state index contributed by atoms with van der Waals surface area (Å²) < 4.78 is 10.8. The molecule has 0 aromatic carbocycles. The first-order chi connectivity index (χ1) is 11.8. The maximum Gasteiger partial charge on any atom is 0.309 e. The van der Waals surface area contributed by atoms with Gasteiger partial charge in [0.05, 0.1) is 25.7 Å². The largest absolute Gasteiger partial charge is 0.481 e. The Labute approximate surface area is 145 Å². The van der Waals surface area contributed by atoms with Crippen LogP contribution in [-0.4, -0.2) is 87.1 Å². The molecule has 0 aromatic rings. The number of aliphatic carboxylic acids is 1. The van der Waals surface area contributed by atoms with Crippen molar-refractivity contribution in [3.63, 3.8) is 0 Å². The minimum absolute atomic E-state index is 0.0387. The molecule has 0 aromatic heterocycles. The number of carbonyl (C=O) groups is 1. The monoisotopic (exact) mass is 362 g/mol. The smallest absolute Gasteiger partial charge is 0.309 e. The molecule has 9 heteroatoms. The van der Waals surface area contributed by atoms with Gasteiger partial charge in [0.2, 0.25) is 0 Å². The number of aliphatic hydroxyl groups is 5. The van der Waals surface area contributed by atoms with Crippen molar-refractivity contribution in [2.24, 2.45) is 11.8 Å². The standard InChI is InChI=1S/C16H26O9/c1-7-2-3-8(9(4-17)15(22)23)10(7)6-24-16-14(21)13(20)12(19)11(5-18)25-16/h8-9,11-14,16-21H,2-6H2,1H3,(H,22,23)/t8-,9-,11-,12-,13+,14-,16-/m0/s1. The van der Waals surface area contributed by atoms with Crippen LogP contribution in [0.5, 0.6) is 0 Å². The van der Waals surface area contributed by atoms with E-state index >= 15 is 0 Å². The quantitative estimate of drug-likeness (QED) is 0.288. The summed E-state index contributed by atoms with van der Waals surface area (Å²) in [6.45, 7) is 0.767. The van der Waals surface area contributed by atoms with E-state index in [2.05, 4.69) is 0 Å². The van der Waals surface area contributed by atoms with Crippen molar-refractivity contribution >= 4 is 5.97 Å².